The van der Waals surface area contributed by atoms with Crippen LogP contribution < -0.4 is 0 Å². The van der Waals surface area contributed by atoms with Crippen LogP contribution in [-0.2, 0) is 6.54 Å². The van der Waals surface area contributed by atoms with Gasteiger partial charge in [0.15, 0.2) is 0 Å². The summed E-state index contributed by atoms with van der Waals surface area (Å²) >= 11 is 0. The number of nitrogens with zero attached hydrogens (tertiary/aromatic N) is 4. The van der Waals surface area contributed by atoms with Gasteiger partial charge in [0.25, 0.3) is 0 Å². The van der Waals surface area contributed by atoms with Crippen molar-refractivity contribution in [3.63, 3.8) is 0 Å². The van der Waals surface area contributed by atoms with Crippen LogP contribution in [-0.4, -0.2) is 51.6 Å². The van der Waals surface area contributed by atoms with Gasteiger partial charge in [0.2, 0.25) is 0 Å². The molecule has 2 aromatic carbocycles. The predicted octanol–water partition coefficient (Wildman–Crippen LogP) is 4.12. The van der Waals surface area contributed by atoms with Crippen molar-refractivity contribution in [3.8, 4) is 5.69 Å². The number of halogens is 1. The van der Waals surface area contributed by atoms with Gasteiger partial charge in [-0.2, -0.15) is 0 Å². The van der Waals surface area contributed by atoms with E-state index in [-0.39, 0.29) is 12.4 Å². The molecule has 0 unspecified atom stereocenters. The zero-order valence-corrected chi connectivity index (χ0v) is 16.4. The van der Waals surface area contributed by atoms with E-state index in [1.165, 1.54) is 56.7 Å². The maximum Gasteiger partial charge on any atom is 0.100 e. The number of likely N-dealkylation sites (tertiary alicyclic amines) is 2. The lowest BCUT2D eigenvalue weighted by molar-refractivity contribution is 0.230. The number of aromatic nitrogens is 2. The molecule has 0 radical (unpaired) electrons. The largest absolute Gasteiger partial charge is 0.299 e. The number of fused-ring (bicyclic) bond motifs is 1. The van der Waals surface area contributed by atoms with E-state index in [1.54, 1.807) is 0 Å². The van der Waals surface area contributed by atoms with Crippen molar-refractivity contribution in [1.82, 2.24) is 19.4 Å². The Balaban J connectivity index is 0.00000180. The fraction of sp³-hybridized carbons (Fsp3) is 0.409. The second-order valence-electron chi connectivity index (χ2n) is 7.69. The summed E-state index contributed by atoms with van der Waals surface area (Å²) in [6.07, 6.45) is 6.03. The van der Waals surface area contributed by atoms with Gasteiger partial charge in [-0.1, -0.05) is 24.3 Å². The second kappa shape index (κ2) is 8.01. The number of benzene rings is 2. The van der Waals surface area contributed by atoms with Crippen LogP contribution in [0.25, 0.3) is 16.7 Å². The third kappa shape index (κ3) is 3.75. The van der Waals surface area contributed by atoms with Crippen LogP contribution in [0.15, 0.2) is 54.9 Å². The molecule has 0 amide bonds. The van der Waals surface area contributed by atoms with E-state index in [0.29, 0.717) is 0 Å². The average Bonchev–Trinajstić information content (AvgIpc) is 3.43. The molecule has 1 aromatic heterocycles. The SMILES string of the molecule is Cl.c1ccc2c(c1)ncn2-c1ccc(CN2CC[C@H](N3CCCC3)C2)cc1. The van der Waals surface area contributed by atoms with Crippen molar-refractivity contribution < 1.29 is 0 Å². The van der Waals surface area contributed by atoms with Crippen molar-refractivity contribution in [2.24, 2.45) is 0 Å². The molecule has 0 N–H and O–H groups in total. The molecule has 2 aliphatic heterocycles. The zero-order valence-electron chi connectivity index (χ0n) is 15.6. The quantitative estimate of drug-likeness (QED) is 0.678. The van der Waals surface area contributed by atoms with Gasteiger partial charge >= 0.3 is 0 Å². The van der Waals surface area contributed by atoms with Crippen LogP contribution >= 0.6 is 12.4 Å². The number of hydrogen-bond donors (Lipinski definition) is 0. The molecule has 1 atom stereocenters. The molecule has 2 saturated heterocycles. The Hall–Kier alpha value is -1.88. The van der Waals surface area contributed by atoms with E-state index in [9.17, 15) is 0 Å². The van der Waals surface area contributed by atoms with Crippen molar-refractivity contribution in [1.29, 1.82) is 0 Å². The highest BCUT2D eigenvalue weighted by atomic mass is 35.5. The lowest BCUT2D eigenvalue weighted by Crippen LogP contribution is -2.35. The summed E-state index contributed by atoms with van der Waals surface area (Å²) in [4.78, 5) is 9.81. The van der Waals surface area contributed by atoms with E-state index in [2.05, 4.69) is 61.8 Å². The summed E-state index contributed by atoms with van der Waals surface area (Å²) in [5, 5.41) is 0. The fourth-order valence-electron chi connectivity index (χ4n) is 4.55. The summed E-state index contributed by atoms with van der Waals surface area (Å²) < 4.78 is 2.17. The molecule has 0 aliphatic carbocycles. The lowest BCUT2D eigenvalue weighted by atomic mass is 10.2. The molecule has 0 saturated carbocycles. The van der Waals surface area contributed by atoms with Gasteiger partial charge in [-0.15, -0.1) is 12.4 Å². The van der Waals surface area contributed by atoms with Crippen molar-refractivity contribution in [2.45, 2.75) is 31.8 Å². The number of para-hydroxylation sites is 2. The molecule has 2 fully saturated rings. The number of imidazole rings is 1. The van der Waals surface area contributed by atoms with E-state index >= 15 is 0 Å². The molecule has 0 bridgehead atoms. The van der Waals surface area contributed by atoms with Gasteiger partial charge in [0, 0.05) is 31.4 Å². The fourth-order valence-corrected chi connectivity index (χ4v) is 4.55. The summed E-state index contributed by atoms with van der Waals surface area (Å²) in [6, 6.07) is 18.1. The van der Waals surface area contributed by atoms with Crippen LogP contribution in [0.3, 0.4) is 0 Å². The Kier molecular flexibility index (Phi) is 5.48. The third-order valence-corrected chi connectivity index (χ3v) is 5.98. The van der Waals surface area contributed by atoms with Gasteiger partial charge in [-0.25, -0.2) is 4.98 Å². The molecule has 4 nitrogen and oxygen atoms in total. The smallest absolute Gasteiger partial charge is 0.100 e. The third-order valence-electron chi connectivity index (χ3n) is 5.98. The molecule has 2 aliphatic rings. The first-order chi connectivity index (χ1) is 12.9. The molecule has 3 heterocycles. The Morgan fingerprint density at radius 1 is 0.926 bits per heavy atom. The first-order valence-corrected chi connectivity index (χ1v) is 9.85. The molecule has 27 heavy (non-hydrogen) atoms. The molecular formula is C22H27ClN4. The Bertz CT molecular complexity index is 883. The zero-order chi connectivity index (χ0) is 17.3. The summed E-state index contributed by atoms with van der Waals surface area (Å²) in [5.41, 5.74) is 4.79. The van der Waals surface area contributed by atoms with Gasteiger partial charge in [0.1, 0.15) is 6.33 Å². The molecule has 3 aromatic rings. The topological polar surface area (TPSA) is 24.3 Å². The summed E-state index contributed by atoms with van der Waals surface area (Å²) in [5.74, 6) is 0. The first-order valence-electron chi connectivity index (χ1n) is 9.85. The Morgan fingerprint density at radius 2 is 1.70 bits per heavy atom. The van der Waals surface area contributed by atoms with Crippen molar-refractivity contribution >= 4 is 23.4 Å². The molecular weight excluding hydrogens is 356 g/mol. The maximum absolute atomic E-state index is 4.50. The van der Waals surface area contributed by atoms with E-state index in [0.717, 1.165) is 23.6 Å². The summed E-state index contributed by atoms with van der Waals surface area (Å²) in [6.45, 7) is 6.15. The summed E-state index contributed by atoms with van der Waals surface area (Å²) in [7, 11) is 0. The van der Waals surface area contributed by atoms with E-state index in [4.69, 9.17) is 0 Å². The van der Waals surface area contributed by atoms with Crippen molar-refractivity contribution in [3.05, 3.63) is 60.4 Å². The molecule has 5 rings (SSSR count). The number of hydrogen-bond acceptors (Lipinski definition) is 3. The van der Waals surface area contributed by atoms with Gasteiger partial charge < -0.3 is 0 Å². The molecule has 142 valence electrons. The molecule has 5 heteroatoms. The number of rotatable bonds is 4. The monoisotopic (exact) mass is 382 g/mol. The van der Waals surface area contributed by atoms with Crippen LogP contribution in [0, 0.1) is 0 Å². The van der Waals surface area contributed by atoms with Gasteiger partial charge in [0.05, 0.1) is 11.0 Å². The highest BCUT2D eigenvalue weighted by Crippen LogP contribution is 2.23. The van der Waals surface area contributed by atoms with Gasteiger partial charge in [-0.05, 0) is 62.2 Å². The van der Waals surface area contributed by atoms with E-state index in [1.807, 2.05) is 12.4 Å². The maximum atomic E-state index is 4.50. The lowest BCUT2D eigenvalue weighted by Gasteiger charge is -2.23. The van der Waals surface area contributed by atoms with Gasteiger partial charge in [-0.3, -0.25) is 14.4 Å². The van der Waals surface area contributed by atoms with Crippen LogP contribution in [0.4, 0.5) is 0 Å². The first kappa shape index (κ1) is 18.5. The highest BCUT2D eigenvalue weighted by Gasteiger charge is 2.28. The average molecular weight is 383 g/mol. The predicted molar refractivity (Wildman–Crippen MR) is 113 cm³/mol. The standard InChI is InChI=1S/C22H26N4.ClH/c1-2-6-22-21(5-1)23-17-26(22)19-9-7-18(8-10-19)15-24-14-11-20(16-24)25-12-3-4-13-25;/h1-2,5-10,17,20H,3-4,11-16H2;1H/t20-;/m0./s1. The normalized spacial score (nSPS) is 21.0. The van der Waals surface area contributed by atoms with Crippen LogP contribution in [0.5, 0.6) is 0 Å². The Morgan fingerprint density at radius 3 is 2.52 bits per heavy atom. The van der Waals surface area contributed by atoms with Crippen molar-refractivity contribution in [2.75, 3.05) is 26.2 Å². The van der Waals surface area contributed by atoms with Crippen LogP contribution in [0.2, 0.25) is 0 Å². The highest BCUT2D eigenvalue weighted by molar-refractivity contribution is 5.85. The minimum Gasteiger partial charge on any atom is -0.299 e. The Labute approximate surface area is 167 Å². The molecule has 0 spiro atoms. The second-order valence-corrected chi connectivity index (χ2v) is 7.69. The minimum atomic E-state index is 0. The minimum absolute atomic E-state index is 0. The van der Waals surface area contributed by atoms with Crippen LogP contribution in [0.1, 0.15) is 24.8 Å². The van der Waals surface area contributed by atoms with E-state index < -0.39 is 0 Å².